The van der Waals surface area contributed by atoms with Crippen molar-refractivity contribution in [3.05, 3.63) is 58.1 Å². The Kier molecular flexibility index (Phi) is 6.74. The Labute approximate surface area is 174 Å². The fourth-order valence-corrected chi connectivity index (χ4v) is 5.51. The third kappa shape index (κ3) is 4.56. The van der Waals surface area contributed by atoms with Crippen LogP contribution in [0.2, 0.25) is 0 Å². The second-order valence-corrected chi connectivity index (χ2v) is 9.37. The van der Waals surface area contributed by atoms with E-state index in [1.807, 2.05) is 0 Å². The number of amides is 1. The maximum atomic E-state index is 13.0. The monoisotopic (exact) mass is 466 g/mol. The van der Waals surface area contributed by atoms with Gasteiger partial charge in [-0.05, 0) is 58.6 Å². The lowest BCUT2D eigenvalue weighted by Gasteiger charge is -2.26. The first-order chi connectivity index (χ1) is 13.4. The predicted molar refractivity (Wildman–Crippen MR) is 111 cm³/mol. The Hall–Kier alpha value is -1.90. The number of halogens is 1. The molecular weight excluding hydrogens is 444 g/mol. The van der Waals surface area contributed by atoms with E-state index in [-0.39, 0.29) is 17.3 Å². The van der Waals surface area contributed by atoms with Gasteiger partial charge in [-0.2, -0.15) is 4.31 Å². The lowest BCUT2D eigenvalue weighted by atomic mass is 10.2. The molecule has 0 spiro atoms. The largest absolute Gasteiger partial charge is 0.496 e. The first kappa shape index (κ1) is 20.8. The summed E-state index contributed by atoms with van der Waals surface area (Å²) >= 11 is 3.36. The number of methoxy groups -OCH3 is 1. The molecule has 0 aromatic heterocycles. The normalized spacial score (nSPS) is 15.2. The van der Waals surface area contributed by atoms with E-state index in [4.69, 9.17) is 4.74 Å². The highest BCUT2D eigenvalue weighted by Gasteiger charge is 2.27. The van der Waals surface area contributed by atoms with Crippen LogP contribution in [0.25, 0.3) is 0 Å². The van der Waals surface area contributed by atoms with Gasteiger partial charge in [0.15, 0.2) is 0 Å². The zero-order valence-corrected chi connectivity index (χ0v) is 18.1. The molecule has 2 aromatic rings. The van der Waals surface area contributed by atoms with Crippen LogP contribution in [0.15, 0.2) is 51.8 Å². The molecule has 1 fully saturated rings. The van der Waals surface area contributed by atoms with Crippen LogP contribution in [0.4, 0.5) is 0 Å². The number of hydrogen-bond donors (Lipinski definition) is 1. The van der Waals surface area contributed by atoms with Crippen LogP contribution >= 0.6 is 15.9 Å². The Morgan fingerprint density at radius 2 is 1.86 bits per heavy atom. The molecule has 0 unspecified atom stereocenters. The number of sulfonamides is 1. The van der Waals surface area contributed by atoms with Gasteiger partial charge in [0.2, 0.25) is 10.0 Å². The van der Waals surface area contributed by atoms with Crippen molar-refractivity contribution in [1.82, 2.24) is 9.62 Å². The molecule has 0 bridgehead atoms. The molecule has 8 heteroatoms. The van der Waals surface area contributed by atoms with Crippen molar-refractivity contribution >= 4 is 31.9 Å². The van der Waals surface area contributed by atoms with E-state index in [1.165, 1.54) is 4.31 Å². The number of nitrogens with one attached hydrogen (secondary N) is 1. The van der Waals surface area contributed by atoms with Crippen LogP contribution in [0, 0.1) is 0 Å². The molecule has 1 aliphatic heterocycles. The van der Waals surface area contributed by atoms with Crippen LogP contribution < -0.4 is 10.1 Å². The minimum Gasteiger partial charge on any atom is -0.496 e. The van der Waals surface area contributed by atoms with Gasteiger partial charge in [0.25, 0.3) is 5.91 Å². The Morgan fingerprint density at radius 1 is 1.14 bits per heavy atom. The topological polar surface area (TPSA) is 75.7 Å². The SMILES string of the molecule is COc1ccc(C(=O)NCc2ccccc2S(=O)(=O)N2CCCCC2)cc1Br. The van der Waals surface area contributed by atoms with Gasteiger partial charge in [0.05, 0.1) is 16.5 Å². The third-order valence-electron chi connectivity index (χ3n) is 4.76. The average Bonchev–Trinajstić information content (AvgIpc) is 2.72. The highest BCUT2D eigenvalue weighted by atomic mass is 79.9. The minimum atomic E-state index is -3.56. The van der Waals surface area contributed by atoms with Gasteiger partial charge >= 0.3 is 0 Å². The van der Waals surface area contributed by atoms with E-state index < -0.39 is 10.0 Å². The molecule has 1 heterocycles. The molecule has 6 nitrogen and oxygen atoms in total. The maximum absolute atomic E-state index is 13.0. The molecular formula is C20H23BrN2O4S. The molecule has 1 saturated heterocycles. The van der Waals surface area contributed by atoms with Crippen molar-refractivity contribution in [1.29, 1.82) is 0 Å². The number of hydrogen-bond acceptors (Lipinski definition) is 4. The summed E-state index contributed by atoms with van der Waals surface area (Å²) in [5, 5.41) is 2.81. The summed E-state index contributed by atoms with van der Waals surface area (Å²) in [6.45, 7) is 1.22. The number of nitrogens with zero attached hydrogens (tertiary/aromatic N) is 1. The zero-order valence-electron chi connectivity index (χ0n) is 15.7. The third-order valence-corrected chi connectivity index (χ3v) is 7.38. The lowest BCUT2D eigenvalue weighted by molar-refractivity contribution is 0.0950. The molecule has 28 heavy (non-hydrogen) atoms. The fraction of sp³-hybridized carbons (Fsp3) is 0.350. The Bertz CT molecular complexity index is 956. The van der Waals surface area contributed by atoms with Crippen molar-refractivity contribution in [2.75, 3.05) is 20.2 Å². The van der Waals surface area contributed by atoms with Gasteiger partial charge in [-0.15, -0.1) is 0 Å². The lowest BCUT2D eigenvalue weighted by Crippen LogP contribution is -2.36. The molecule has 1 aliphatic rings. The van der Waals surface area contributed by atoms with Crippen molar-refractivity contribution in [3.8, 4) is 5.75 Å². The Morgan fingerprint density at radius 3 is 2.54 bits per heavy atom. The first-order valence-electron chi connectivity index (χ1n) is 9.13. The fourth-order valence-electron chi connectivity index (χ4n) is 3.23. The molecule has 150 valence electrons. The van der Waals surface area contributed by atoms with E-state index in [1.54, 1.807) is 49.6 Å². The molecule has 3 rings (SSSR count). The predicted octanol–water partition coefficient (Wildman–Crippen LogP) is 3.56. The van der Waals surface area contributed by atoms with Crippen LogP contribution in [-0.4, -0.2) is 38.8 Å². The number of carbonyl (C=O) groups is 1. The van der Waals surface area contributed by atoms with E-state index in [2.05, 4.69) is 21.2 Å². The van der Waals surface area contributed by atoms with Gasteiger partial charge < -0.3 is 10.1 Å². The standard InChI is InChI=1S/C20H23BrN2O4S/c1-27-18-10-9-15(13-17(18)21)20(24)22-14-16-7-3-4-8-19(16)28(25,26)23-11-5-2-6-12-23/h3-4,7-10,13H,2,5-6,11-12,14H2,1H3,(H,22,24). The minimum absolute atomic E-state index is 0.131. The van der Waals surface area contributed by atoms with Gasteiger partial charge in [0, 0.05) is 25.2 Å². The summed E-state index contributed by atoms with van der Waals surface area (Å²) < 4.78 is 33.4. The summed E-state index contributed by atoms with van der Waals surface area (Å²) in [4.78, 5) is 12.8. The smallest absolute Gasteiger partial charge is 0.251 e. The van der Waals surface area contributed by atoms with Crippen LogP contribution in [0.3, 0.4) is 0 Å². The van der Waals surface area contributed by atoms with Gasteiger partial charge in [-0.1, -0.05) is 24.6 Å². The Balaban J connectivity index is 1.76. The van der Waals surface area contributed by atoms with E-state index in [9.17, 15) is 13.2 Å². The van der Waals surface area contributed by atoms with E-state index in [0.29, 0.717) is 34.4 Å². The van der Waals surface area contributed by atoms with Crippen molar-refractivity contribution in [2.45, 2.75) is 30.7 Å². The summed E-state index contributed by atoms with van der Waals surface area (Å²) in [5.74, 6) is 0.350. The molecule has 0 radical (unpaired) electrons. The van der Waals surface area contributed by atoms with Crippen molar-refractivity contribution < 1.29 is 17.9 Å². The molecule has 0 saturated carbocycles. The molecule has 1 N–H and O–H groups in total. The summed E-state index contributed by atoms with van der Waals surface area (Å²) in [5.41, 5.74) is 1.04. The average molecular weight is 467 g/mol. The van der Waals surface area contributed by atoms with Crippen LogP contribution in [0.1, 0.15) is 35.2 Å². The maximum Gasteiger partial charge on any atom is 0.251 e. The summed E-state index contributed by atoms with van der Waals surface area (Å²) in [7, 11) is -2.01. The quantitative estimate of drug-likeness (QED) is 0.705. The molecule has 0 aliphatic carbocycles. The second-order valence-electron chi connectivity index (χ2n) is 6.60. The van der Waals surface area contributed by atoms with Gasteiger partial charge in [-0.3, -0.25) is 4.79 Å². The first-order valence-corrected chi connectivity index (χ1v) is 11.4. The van der Waals surface area contributed by atoms with E-state index >= 15 is 0 Å². The number of carbonyl (C=O) groups excluding carboxylic acids is 1. The van der Waals surface area contributed by atoms with Gasteiger partial charge in [0.1, 0.15) is 5.75 Å². The zero-order chi connectivity index (χ0) is 20.1. The number of rotatable bonds is 6. The van der Waals surface area contributed by atoms with Gasteiger partial charge in [-0.25, -0.2) is 8.42 Å². The molecule has 0 atom stereocenters. The van der Waals surface area contributed by atoms with Crippen LogP contribution in [0.5, 0.6) is 5.75 Å². The summed E-state index contributed by atoms with van der Waals surface area (Å²) in [6, 6.07) is 11.9. The van der Waals surface area contributed by atoms with E-state index in [0.717, 1.165) is 19.3 Å². The number of piperidine rings is 1. The van der Waals surface area contributed by atoms with Crippen molar-refractivity contribution in [3.63, 3.8) is 0 Å². The highest BCUT2D eigenvalue weighted by Crippen LogP contribution is 2.26. The van der Waals surface area contributed by atoms with Crippen LogP contribution in [-0.2, 0) is 16.6 Å². The van der Waals surface area contributed by atoms with Crippen molar-refractivity contribution in [2.24, 2.45) is 0 Å². The molecule has 1 amide bonds. The summed E-state index contributed by atoms with van der Waals surface area (Å²) in [6.07, 6.45) is 2.82. The number of benzene rings is 2. The second kappa shape index (κ2) is 9.07. The molecule has 2 aromatic carbocycles. The highest BCUT2D eigenvalue weighted by molar-refractivity contribution is 9.10. The number of ether oxygens (including phenoxy) is 1.